The highest BCUT2D eigenvalue weighted by atomic mass is 19.2. The monoisotopic (exact) mass is 135 g/mol. The van der Waals surface area contributed by atoms with Crippen LogP contribution in [0.2, 0.25) is 0 Å². The minimum absolute atomic E-state index is 0.266. The van der Waals surface area contributed by atoms with E-state index >= 15 is 0 Å². The number of carboxylic acid groups (broad SMARTS) is 1. The molecule has 0 atom stereocenters. The first kappa shape index (κ1) is 8.36. The summed E-state index contributed by atoms with van der Waals surface area (Å²) in [6.07, 6.45) is 0. The highest BCUT2D eigenvalue weighted by Gasteiger charge is 2.10. The predicted molar refractivity (Wildman–Crippen MR) is 30.6 cm³/mol. The van der Waals surface area contributed by atoms with Gasteiger partial charge in [-0.1, -0.05) is 0 Å². The van der Waals surface area contributed by atoms with Crippen molar-refractivity contribution in [2.75, 3.05) is 6.54 Å². The molecule has 0 aliphatic rings. The van der Waals surface area contributed by atoms with E-state index in [4.69, 9.17) is 5.11 Å². The molecule has 0 amide bonds. The Labute approximate surface area is 53.0 Å². The van der Waals surface area contributed by atoms with E-state index in [1.807, 2.05) is 0 Å². The number of hydrogen-bond acceptors (Lipinski definition) is 2. The fraction of sp³-hybridized carbons (Fsp3) is 0.800. The molecule has 0 saturated carbocycles. The van der Waals surface area contributed by atoms with Crippen LogP contribution in [-0.2, 0) is 4.79 Å². The largest absolute Gasteiger partial charge is 0.480 e. The Morgan fingerprint density at radius 2 is 2.22 bits per heavy atom. The van der Waals surface area contributed by atoms with E-state index in [2.05, 4.69) is 0 Å². The first-order valence-corrected chi connectivity index (χ1v) is 2.68. The van der Waals surface area contributed by atoms with Crippen molar-refractivity contribution < 1.29 is 14.4 Å². The van der Waals surface area contributed by atoms with Crippen molar-refractivity contribution in [1.82, 2.24) is 5.12 Å². The van der Waals surface area contributed by atoms with Crippen molar-refractivity contribution in [2.24, 2.45) is 0 Å². The van der Waals surface area contributed by atoms with Gasteiger partial charge in [0.15, 0.2) is 0 Å². The maximum Gasteiger partial charge on any atom is 0.320 e. The molecule has 0 spiro atoms. The van der Waals surface area contributed by atoms with Crippen LogP contribution >= 0.6 is 0 Å². The Morgan fingerprint density at radius 3 is 2.33 bits per heavy atom. The highest BCUT2D eigenvalue weighted by Crippen LogP contribution is 1.96. The van der Waals surface area contributed by atoms with Crippen molar-refractivity contribution in [3.05, 3.63) is 0 Å². The summed E-state index contributed by atoms with van der Waals surface area (Å²) in [7, 11) is 0. The fourth-order valence-corrected chi connectivity index (χ4v) is 0.312. The third-order valence-corrected chi connectivity index (χ3v) is 0.847. The van der Waals surface area contributed by atoms with Gasteiger partial charge in [-0.2, -0.15) is 0 Å². The lowest BCUT2D eigenvalue weighted by Crippen LogP contribution is -2.27. The van der Waals surface area contributed by atoms with Crippen LogP contribution in [0.3, 0.4) is 0 Å². The summed E-state index contributed by atoms with van der Waals surface area (Å²) in [6, 6.07) is -0.360. The van der Waals surface area contributed by atoms with E-state index in [0.717, 1.165) is 0 Å². The second-order valence-corrected chi connectivity index (χ2v) is 2.05. The summed E-state index contributed by atoms with van der Waals surface area (Å²) in [5.74, 6) is -1.15. The summed E-state index contributed by atoms with van der Waals surface area (Å²) in [5.41, 5.74) is 0. The highest BCUT2D eigenvalue weighted by molar-refractivity contribution is 5.68. The molecule has 0 saturated heterocycles. The first-order chi connectivity index (χ1) is 4.04. The van der Waals surface area contributed by atoms with Crippen molar-refractivity contribution in [1.29, 1.82) is 0 Å². The van der Waals surface area contributed by atoms with Gasteiger partial charge in [0.25, 0.3) is 0 Å². The molecule has 0 rings (SSSR count). The van der Waals surface area contributed by atoms with Crippen LogP contribution < -0.4 is 0 Å². The standard InChI is InChI=1S/C5H10FNO2/c1-4(2)7(6)3-5(8)9/h4H,3H2,1-2H3,(H,8,9). The SMILES string of the molecule is CC(C)N(F)CC(=O)O. The third kappa shape index (κ3) is 3.90. The van der Waals surface area contributed by atoms with E-state index in [1.165, 1.54) is 0 Å². The zero-order valence-corrected chi connectivity index (χ0v) is 5.47. The molecular weight excluding hydrogens is 125 g/mol. The number of carboxylic acids is 1. The Morgan fingerprint density at radius 1 is 1.78 bits per heavy atom. The van der Waals surface area contributed by atoms with Crippen molar-refractivity contribution in [3.8, 4) is 0 Å². The summed E-state index contributed by atoms with van der Waals surface area (Å²) >= 11 is 0. The lowest BCUT2D eigenvalue weighted by atomic mass is 10.4. The minimum atomic E-state index is -1.15. The molecule has 3 nitrogen and oxygen atoms in total. The number of nitrogens with zero attached hydrogens (tertiary/aromatic N) is 1. The molecule has 54 valence electrons. The molecule has 0 aliphatic heterocycles. The van der Waals surface area contributed by atoms with Crippen LogP contribution in [0.1, 0.15) is 13.8 Å². The van der Waals surface area contributed by atoms with Gasteiger partial charge in [-0.05, 0) is 13.8 Å². The predicted octanol–water partition coefficient (Wildman–Crippen LogP) is 0.666. The molecule has 1 N–H and O–H groups in total. The fourth-order valence-electron chi connectivity index (χ4n) is 0.312. The van der Waals surface area contributed by atoms with Crippen LogP contribution in [0.25, 0.3) is 0 Å². The lowest BCUT2D eigenvalue weighted by Gasteiger charge is -2.11. The maximum atomic E-state index is 12.2. The molecule has 0 aromatic heterocycles. The first-order valence-electron chi connectivity index (χ1n) is 2.68. The molecule has 4 heteroatoms. The smallest absolute Gasteiger partial charge is 0.320 e. The molecule has 0 heterocycles. The van der Waals surface area contributed by atoms with Gasteiger partial charge in [0, 0.05) is 6.04 Å². The Balaban J connectivity index is 3.50. The summed E-state index contributed by atoms with van der Waals surface area (Å²) in [4.78, 5) is 9.83. The van der Waals surface area contributed by atoms with Gasteiger partial charge in [0.05, 0.1) is 0 Å². The molecular formula is C5H10FNO2. The molecule has 0 fully saturated rings. The van der Waals surface area contributed by atoms with Crippen LogP contribution in [0.5, 0.6) is 0 Å². The van der Waals surface area contributed by atoms with Crippen LogP contribution in [0.4, 0.5) is 4.48 Å². The van der Waals surface area contributed by atoms with Gasteiger partial charge in [-0.25, -0.2) is 0 Å². The zero-order chi connectivity index (χ0) is 7.44. The van der Waals surface area contributed by atoms with Gasteiger partial charge in [-0.3, -0.25) is 4.79 Å². The van der Waals surface area contributed by atoms with Gasteiger partial charge in [0.1, 0.15) is 6.54 Å². The maximum absolute atomic E-state index is 12.2. The van der Waals surface area contributed by atoms with Crippen molar-refractivity contribution in [3.63, 3.8) is 0 Å². The van der Waals surface area contributed by atoms with Crippen molar-refractivity contribution in [2.45, 2.75) is 19.9 Å². The molecule has 0 aliphatic carbocycles. The lowest BCUT2D eigenvalue weighted by molar-refractivity contribution is -0.144. The molecule has 0 radical (unpaired) electrons. The summed E-state index contributed by atoms with van der Waals surface area (Å²) in [6.45, 7) is 2.63. The molecule has 0 aromatic carbocycles. The number of halogens is 1. The van der Waals surface area contributed by atoms with Gasteiger partial charge >= 0.3 is 5.97 Å². The summed E-state index contributed by atoms with van der Waals surface area (Å²) in [5, 5.41) is 8.32. The van der Waals surface area contributed by atoms with E-state index in [0.29, 0.717) is 0 Å². The Kier molecular flexibility index (Phi) is 3.16. The molecule has 0 unspecified atom stereocenters. The van der Waals surface area contributed by atoms with E-state index in [9.17, 15) is 9.28 Å². The number of hydrogen-bond donors (Lipinski definition) is 1. The van der Waals surface area contributed by atoms with Gasteiger partial charge < -0.3 is 5.11 Å². The number of carbonyl (C=O) groups is 1. The average molecular weight is 135 g/mol. The third-order valence-electron chi connectivity index (χ3n) is 0.847. The topological polar surface area (TPSA) is 40.5 Å². The van der Waals surface area contributed by atoms with E-state index < -0.39 is 12.5 Å². The molecule has 9 heavy (non-hydrogen) atoms. The number of aliphatic carboxylic acids is 1. The quantitative estimate of drug-likeness (QED) is 0.578. The minimum Gasteiger partial charge on any atom is -0.480 e. The van der Waals surface area contributed by atoms with Crippen LogP contribution in [0, 0.1) is 0 Å². The second kappa shape index (κ2) is 3.40. The number of rotatable bonds is 3. The second-order valence-electron chi connectivity index (χ2n) is 2.05. The molecule has 0 aromatic rings. The Bertz CT molecular complexity index is 105. The van der Waals surface area contributed by atoms with Gasteiger partial charge in [-0.15, -0.1) is 9.60 Å². The average Bonchev–Trinajstić information content (AvgIpc) is 1.63. The van der Waals surface area contributed by atoms with Gasteiger partial charge in [0.2, 0.25) is 0 Å². The summed E-state index contributed by atoms with van der Waals surface area (Å²) < 4.78 is 12.2. The van der Waals surface area contributed by atoms with E-state index in [-0.39, 0.29) is 11.2 Å². The Hall–Kier alpha value is -0.640. The van der Waals surface area contributed by atoms with Crippen molar-refractivity contribution >= 4 is 5.97 Å². The normalized spacial score (nSPS) is 10.8. The molecule has 0 bridgehead atoms. The zero-order valence-electron chi connectivity index (χ0n) is 5.47. The van der Waals surface area contributed by atoms with Crippen LogP contribution in [-0.4, -0.2) is 28.8 Å². The van der Waals surface area contributed by atoms with Crippen LogP contribution in [0.15, 0.2) is 0 Å². The van der Waals surface area contributed by atoms with E-state index in [1.54, 1.807) is 13.8 Å².